The van der Waals surface area contributed by atoms with E-state index in [-0.39, 0.29) is 11.8 Å². The number of nitrogens with zero attached hydrogens (tertiary/aromatic N) is 4. The van der Waals surface area contributed by atoms with E-state index >= 15 is 0 Å². The molecular formula is C16H20N4O2S. The van der Waals surface area contributed by atoms with Crippen molar-refractivity contribution in [3.63, 3.8) is 0 Å². The SMILES string of the molecule is Cn1cc(CCC(=O)N2CCN(C(=O)c3ccsc3)CC2)cn1. The van der Waals surface area contributed by atoms with Crippen LogP contribution in [0.3, 0.4) is 0 Å². The summed E-state index contributed by atoms with van der Waals surface area (Å²) in [6, 6.07) is 1.85. The fourth-order valence-corrected chi connectivity index (χ4v) is 3.37. The van der Waals surface area contributed by atoms with Crippen molar-refractivity contribution in [2.24, 2.45) is 7.05 Å². The third kappa shape index (κ3) is 3.79. The number of aromatic nitrogens is 2. The molecule has 1 saturated heterocycles. The van der Waals surface area contributed by atoms with Gasteiger partial charge in [-0.1, -0.05) is 0 Å². The molecule has 3 rings (SSSR count). The Hall–Kier alpha value is -2.15. The number of carbonyl (C=O) groups excluding carboxylic acids is 2. The molecular weight excluding hydrogens is 312 g/mol. The van der Waals surface area contributed by atoms with Crippen LogP contribution in [0.4, 0.5) is 0 Å². The van der Waals surface area contributed by atoms with Crippen LogP contribution in [0.25, 0.3) is 0 Å². The van der Waals surface area contributed by atoms with E-state index in [1.54, 1.807) is 10.9 Å². The van der Waals surface area contributed by atoms with Crippen LogP contribution in [-0.2, 0) is 18.3 Å². The first-order chi connectivity index (χ1) is 11.1. The van der Waals surface area contributed by atoms with Gasteiger partial charge >= 0.3 is 0 Å². The van der Waals surface area contributed by atoms with Crippen LogP contribution in [0, 0.1) is 0 Å². The Bertz CT molecular complexity index is 672. The molecule has 1 aliphatic rings. The summed E-state index contributed by atoms with van der Waals surface area (Å²) in [6.07, 6.45) is 4.93. The first-order valence-electron chi connectivity index (χ1n) is 7.70. The van der Waals surface area contributed by atoms with Crippen molar-refractivity contribution in [3.05, 3.63) is 40.3 Å². The van der Waals surface area contributed by atoms with Crippen LogP contribution < -0.4 is 0 Å². The predicted octanol–water partition coefficient (Wildman–Crippen LogP) is 1.40. The zero-order chi connectivity index (χ0) is 16.2. The van der Waals surface area contributed by atoms with Crippen molar-refractivity contribution >= 4 is 23.2 Å². The van der Waals surface area contributed by atoms with E-state index in [1.165, 1.54) is 11.3 Å². The summed E-state index contributed by atoms with van der Waals surface area (Å²) in [5, 5.41) is 7.89. The molecule has 0 bridgehead atoms. The zero-order valence-electron chi connectivity index (χ0n) is 13.1. The van der Waals surface area contributed by atoms with Crippen molar-refractivity contribution in [2.45, 2.75) is 12.8 Å². The number of thiophene rings is 1. The highest BCUT2D eigenvalue weighted by Gasteiger charge is 2.24. The summed E-state index contributed by atoms with van der Waals surface area (Å²) >= 11 is 1.52. The molecule has 6 nitrogen and oxygen atoms in total. The van der Waals surface area contributed by atoms with Crippen LogP contribution in [0.15, 0.2) is 29.2 Å². The summed E-state index contributed by atoms with van der Waals surface area (Å²) in [7, 11) is 1.87. The number of rotatable bonds is 4. The van der Waals surface area contributed by atoms with Crippen molar-refractivity contribution in [1.29, 1.82) is 0 Å². The molecule has 0 unspecified atom stereocenters. The minimum Gasteiger partial charge on any atom is -0.339 e. The lowest BCUT2D eigenvalue weighted by Gasteiger charge is -2.34. The number of hydrogen-bond donors (Lipinski definition) is 0. The Labute approximate surface area is 139 Å². The van der Waals surface area contributed by atoms with Crippen molar-refractivity contribution in [3.8, 4) is 0 Å². The Morgan fingerprint density at radius 2 is 1.96 bits per heavy atom. The van der Waals surface area contributed by atoms with Gasteiger partial charge in [-0.05, 0) is 23.4 Å². The van der Waals surface area contributed by atoms with E-state index in [9.17, 15) is 9.59 Å². The predicted molar refractivity (Wildman–Crippen MR) is 88.3 cm³/mol. The summed E-state index contributed by atoms with van der Waals surface area (Å²) < 4.78 is 1.74. The number of aryl methyl sites for hydroxylation is 2. The van der Waals surface area contributed by atoms with Gasteiger partial charge < -0.3 is 9.80 Å². The summed E-state index contributed by atoms with van der Waals surface area (Å²) in [5.41, 5.74) is 1.82. The maximum Gasteiger partial charge on any atom is 0.254 e. The third-order valence-corrected chi connectivity index (χ3v) is 4.76. The molecule has 1 fully saturated rings. The average Bonchev–Trinajstić information content (AvgIpc) is 3.24. The van der Waals surface area contributed by atoms with Gasteiger partial charge in [-0.15, -0.1) is 0 Å². The first-order valence-corrected chi connectivity index (χ1v) is 8.64. The third-order valence-electron chi connectivity index (χ3n) is 4.07. The second kappa shape index (κ2) is 6.95. The van der Waals surface area contributed by atoms with E-state index in [0.29, 0.717) is 39.0 Å². The van der Waals surface area contributed by atoms with E-state index in [0.717, 1.165) is 11.1 Å². The molecule has 3 heterocycles. The van der Waals surface area contributed by atoms with Crippen LogP contribution in [-0.4, -0.2) is 57.6 Å². The van der Waals surface area contributed by atoms with Gasteiger partial charge in [0.1, 0.15) is 0 Å². The quantitative estimate of drug-likeness (QED) is 0.850. The number of piperazine rings is 1. The normalized spacial score (nSPS) is 15.0. The van der Waals surface area contributed by atoms with E-state index in [1.807, 2.05) is 39.9 Å². The molecule has 2 aromatic heterocycles. The Morgan fingerprint density at radius 1 is 1.22 bits per heavy atom. The highest BCUT2D eigenvalue weighted by molar-refractivity contribution is 7.08. The van der Waals surface area contributed by atoms with Gasteiger partial charge in [-0.2, -0.15) is 16.4 Å². The molecule has 7 heteroatoms. The standard InChI is InChI=1S/C16H20N4O2S/c1-18-11-13(10-17-18)2-3-15(21)19-5-7-20(8-6-19)16(22)14-4-9-23-12-14/h4,9-12H,2-3,5-8H2,1H3. The summed E-state index contributed by atoms with van der Waals surface area (Å²) in [6.45, 7) is 2.43. The molecule has 0 aliphatic carbocycles. The minimum atomic E-state index is 0.0636. The summed E-state index contributed by atoms with van der Waals surface area (Å²) in [5.74, 6) is 0.213. The van der Waals surface area contributed by atoms with Gasteiger partial charge in [0.05, 0.1) is 11.8 Å². The van der Waals surface area contributed by atoms with Gasteiger partial charge in [0.2, 0.25) is 5.91 Å². The summed E-state index contributed by atoms with van der Waals surface area (Å²) in [4.78, 5) is 28.2. The highest BCUT2D eigenvalue weighted by atomic mass is 32.1. The average molecular weight is 332 g/mol. The van der Waals surface area contributed by atoms with Gasteiger partial charge in [-0.3, -0.25) is 14.3 Å². The molecule has 1 aliphatic heterocycles. The van der Waals surface area contributed by atoms with Crippen molar-refractivity contribution < 1.29 is 9.59 Å². The lowest BCUT2D eigenvalue weighted by molar-refractivity contribution is -0.132. The zero-order valence-corrected chi connectivity index (χ0v) is 14.0. The highest BCUT2D eigenvalue weighted by Crippen LogP contribution is 2.13. The molecule has 2 amide bonds. The molecule has 0 spiro atoms. The monoisotopic (exact) mass is 332 g/mol. The lowest BCUT2D eigenvalue weighted by Crippen LogP contribution is -2.50. The smallest absolute Gasteiger partial charge is 0.254 e. The molecule has 0 N–H and O–H groups in total. The van der Waals surface area contributed by atoms with Crippen LogP contribution in [0.2, 0.25) is 0 Å². The molecule has 23 heavy (non-hydrogen) atoms. The van der Waals surface area contributed by atoms with Crippen LogP contribution >= 0.6 is 11.3 Å². The Morgan fingerprint density at radius 3 is 2.57 bits per heavy atom. The topological polar surface area (TPSA) is 58.4 Å². The maximum absolute atomic E-state index is 12.3. The van der Waals surface area contributed by atoms with E-state index < -0.39 is 0 Å². The van der Waals surface area contributed by atoms with Gasteiger partial charge in [0.15, 0.2) is 0 Å². The Balaban J connectivity index is 1.46. The largest absolute Gasteiger partial charge is 0.339 e. The molecule has 0 saturated carbocycles. The van der Waals surface area contributed by atoms with Gasteiger partial charge in [-0.25, -0.2) is 0 Å². The molecule has 0 aromatic carbocycles. The fraction of sp³-hybridized carbons (Fsp3) is 0.438. The molecule has 2 aromatic rings. The number of amides is 2. The Kier molecular flexibility index (Phi) is 4.76. The molecule has 122 valence electrons. The van der Waals surface area contributed by atoms with Gasteiger partial charge in [0.25, 0.3) is 5.91 Å². The number of carbonyl (C=O) groups is 2. The van der Waals surface area contributed by atoms with Crippen molar-refractivity contribution in [2.75, 3.05) is 26.2 Å². The second-order valence-corrected chi connectivity index (χ2v) is 6.49. The van der Waals surface area contributed by atoms with Crippen LogP contribution in [0.1, 0.15) is 22.3 Å². The van der Waals surface area contributed by atoms with E-state index in [2.05, 4.69) is 5.10 Å². The van der Waals surface area contributed by atoms with Crippen LogP contribution in [0.5, 0.6) is 0 Å². The van der Waals surface area contributed by atoms with Gasteiger partial charge in [0, 0.05) is 51.2 Å². The molecule has 0 atom stereocenters. The van der Waals surface area contributed by atoms with E-state index in [4.69, 9.17) is 0 Å². The minimum absolute atomic E-state index is 0.0636. The maximum atomic E-state index is 12.3. The van der Waals surface area contributed by atoms with Crippen molar-refractivity contribution in [1.82, 2.24) is 19.6 Å². The second-order valence-electron chi connectivity index (χ2n) is 5.71. The first kappa shape index (κ1) is 15.7. The fourth-order valence-electron chi connectivity index (χ4n) is 2.74. The number of hydrogen-bond acceptors (Lipinski definition) is 4. The molecule has 0 radical (unpaired) electrons. The lowest BCUT2D eigenvalue weighted by atomic mass is 10.1.